The van der Waals surface area contributed by atoms with Crippen molar-refractivity contribution in [2.24, 2.45) is 0 Å². The van der Waals surface area contributed by atoms with Crippen LogP contribution in [0.15, 0.2) is 24.4 Å². The van der Waals surface area contributed by atoms with E-state index in [-0.39, 0.29) is 5.88 Å². The van der Waals surface area contributed by atoms with E-state index in [1.54, 1.807) is 29.1 Å². The van der Waals surface area contributed by atoms with Crippen molar-refractivity contribution in [2.45, 2.75) is 12.8 Å². The number of methoxy groups -OCH3 is 1. The minimum Gasteiger partial charge on any atom is -0.496 e. The lowest BCUT2D eigenvalue weighted by Gasteiger charge is -2.08. The van der Waals surface area contributed by atoms with Gasteiger partial charge in [-0.15, -0.1) is 0 Å². The minimum atomic E-state index is 0.121. The molecule has 1 aliphatic rings. The summed E-state index contributed by atoms with van der Waals surface area (Å²) in [5.41, 5.74) is 1.86. The Morgan fingerprint density at radius 3 is 2.79 bits per heavy atom. The predicted octanol–water partition coefficient (Wildman–Crippen LogP) is 2.31. The van der Waals surface area contributed by atoms with Gasteiger partial charge in [-0.3, -0.25) is 0 Å². The maximum Gasteiger partial charge on any atom is 0.218 e. The third-order valence-electron chi connectivity index (χ3n) is 3.14. The molecule has 19 heavy (non-hydrogen) atoms. The zero-order chi connectivity index (χ0) is 13.4. The summed E-state index contributed by atoms with van der Waals surface area (Å²) in [5.74, 6) is 0.671. The van der Waals surface area contributed by atoms with Crippen LogP contribution in [0.25, 0.3) is 11.1 Å². The van der Waals surface area contributed by atoms with Crippen LogP contribution >= 0.6 is 0 Å². The predicted molar refractivity (Wildman–Crippen MR) is 68.5 cm³/mol. The first-order valence-corrected chi connectivity index (χ1v) is 5.95. The molecule has 1 saturated carbocycles. The zero-order valence-electron chi connectivity index (χ0n) is 10.4. The third-order valence-corrected chi connectivity index (χ3v) is 3.14. The molecule has 2 aromatic rings. The standard InChI is InChI=1S/C14H12N3O2/c1-19-13-6-9(7-15)2-5-11(13)12-8-16-17(14(12)18)10-3-4-10/h2,5-6,8,18H,3-4H2,1H3. The van der Waals surface area contributed by atoms with E-state index >= 15 is 0 Å². The Bertz CT molecular complexity index is 666. The van der Waals surface area contributed by atoms with Gasteiger partial charge < -0.3 is 9.84 Å². The van der Waals surface area contributed by atoms with Crippen molar-refractivity contribution >= 4 is 0 Å². The highest BCUT2D eigenvalue weighted by molar-refractivity contribution is 5.75. The van der Waals surface area contributed by atoms with Crippen LogP contribution in [-0.2, 0) is 0 Å². The molecule has 0 spiro atoms. The molecule has 3 rings (SSSR count). The molecule has 0 aliphatic heterocycles. The maximum absolute atomic E-state index is 10.2. The first-order chi connectivity index (χ1) is 9.24. The summed E-state index contributed by atoms with van der Waals surface area (Å²) in [6.07, 6.45) is 3.56. The van der Waals surface area contributed by atoms with Gasteiger partial charge in [-0.25, -0.2) is 4.68 Å². The van der Waals surface area contributed by atoms with Gasteiger partial charge in [0.15, 0.2) is 0 Å². The fraction of sp³-hybridized carbons (Fsp3) is 0.214. The monoisotopic (exact) mass is 254 g/mol. The molecule has 1 radical (unpaired) electrons. The number of nitriles is 1. The highest BCUT2D eigenvalue weighted by atomic mass is 16.5. The number of hydrogen-bond acceptors (Lipinski definition) is 4. The van der Waals surface area contributed by atoms with Crippen LogP contribution in [0.5, 0.6) is 11.6 Å². The fourth-order valence-corrected chi connectivity index (χ4v) is 2.01. The first kappa shape index (κ1) is 11.6. The average molecular weight is 254 g/mol. The lowest BCUT2D eigenvalue weighted by atomic mass is 10.1. The Hall–Kier alpha value is -2.48. The molecule has 95 valence electrons. The van der Waals surface area contributed by atoms with Gasteiger partial charge in [-0.2, -0.15) is 10.4 Å². The van der Waals surface area contributed by atoms with Crippen molar-refractivity contribution in [1.29, 1.82) is 5.26 Å². The van der Waals surface area contributed by atoms with Crippen LogP contribution in [0.2, 0.25) is 0 Å². The molecule has 1 aromatic heterocycles. The molecule has 5 heteroatoms. The van der Waals surface area contributed by atoms with E-state index < -0.39 is 0 Å². The van der Waals surface area contributed by atoms with Gasteiger partial charge in [0.2, 0.25) is 5.88 Å². The van der Waals surface area contributed by atoms with Gasteiger partial charge >= 0.3 is 0 Å². The van der Waals surface area contributed by atoms with E-state index in [1.807, 2.05) is 0 Å². The van der Waals surface area contributed by atoms with E-state index in [2.05, 4.69) is 11.2 Å². The topological polar surface area (TPSA) is 71.1 Å². The number of benzene rings is 1. The van der Waals surface area contributed by atoms with E-state index in [4.69, 9.17) is 10.00 Å². The Labute approximate surface area is 110 Å². The average Bonchev–Trinajstić information content (AvgIpc) is 3.21. The summed E-state index contributed by atoms with van der Waals surface area (Å²) >= 11 is 0. The molecule has 1 aliphatic carbocycles. The Kier molecular flexibility index (Phi) is 2.64. The van der Waals surface area contributed by atoms with Crippen molar-refractivity contribution in [3.05, 3.63) is 36.0 Å². The molecule has 1 fully saturated rings. The van der Waals surface area contributed by atoms with E-state index in [0.717, 1.165) is 24.4 Å². The number of rotatable bonds is 3. The minimum absolute atomic E-state index is 0.121. The number of aromatic nitrogens is 2. The first-order valence-electron chi connectivity index (χ1n) is 5.95. The van der Waals surface area contributed by atoms with Gasteiger partial charge in [-0.1, -0.05) is 0 Å². The number of ether oxygens (including phenoxy) is 1. The van der Waals surface area contributed by atoms with Gasteiger partial charge in [0.05, 0.1) is 36.5 Å². The Morgan fingerprint density at radius 2 is 2.16 bits per heavy atom. The molecule has 5 nitrogen and oxygen atoms in total. The zero-order valence-corrected chi connectivity index (χ0v) is 10.4. The third kappa shape index (κ3) is 1.91. The van der Waals surface area contributed by atoms with Crippen molar-refractivity contribution in [2.75, 3.05) is 7.11 Å². The van der Waals surface area contributed by atoms with Gasteiger partial charge in [0.25, 0.3) is 0 Å². The van der Waals surface area contributed by atoms with Crippen LogP contribution < -0.4 is 4.74 Å². The number of aromatic hydroxyl groups is 1. The summed E-state index contributed by atoms with van der Waals surface area (Å²) in [4.78, 5) is 0. The normalized spacial score (nSPS) is 14.1. The second kappa shape index (κ2) is 4.32. The second-order valence-corrected chi connectivity index (χ2v) is 4.39. The molecule has 0 amide bonds. The number of hydrogen-bond donors (Lipinski definition) is 1. The Morgan fingerprint density at radius 1 is 1.37 bits per heavy atom. The second-order valence-electron chi connectivity index (χ2n) is 4.39. The number of nitrogens with zero attached hydrogens (tertiary/aromatic N) is 3. The van der Waals surface area contributed by atoms with Gasteiger partial charge in [0, 0.05) is 5.56 Å². The molecule has 0 unspecified atom stereocenters. The molecule has 0 saturated heterocycles. The lowest BCUT2D eigenvalue weighted by molar-refractivity contribution is 0.413. The highest BCUT2D eigenvalue weighted by Crippen LogP contribution is 2.42. The van der Waals surface area contributed by atoms with Crippen LogP contribution in [0, 0.1) is 17.4 Å². The van der Waals surface area contributed by atoms with Crippen molar-refractivity contribution in [3.63, 3.8) is 0 Å². The summed E-state index contributed by atoms with van der Waals surface area (Å²) in [6.45, 7) is 0. The van der Waals surface area contributed by atoms with Crippen molar-refractivity contribution in [1.82, 2.24) is 9.78 Å². The van der Waals surface area contributed by atoms with Gasteiger partial charge in [0.1, 0.15) is 5.75 Å². The summed E-state index contributed by atoms with van der Waals surface area (Å²) in [5, 5.41) is 23.3. The Balaban J connectivity index is 2.09. The summed E-state index contributed by atoms with van der Waals surface area (Å²) < 4.78 is 6.84. The quantitative estimate of drug-likeness (QED) is 0.912. The molecule has 0 atom stereocenters. The fourth-order valence-electron chi connectivity index (χ4n) is 2.01. The summed E-state index contributed by atoms with van der Waals surface area (Å²) in [6, 6.07) is 8.27. The van der Waals surface area contributed by atoms with Crippen LogP contribution in [0.4, 0.5) is 0 Å². The highest BCUT2D eigenvalue weighted by Gasteiger charge is 2.30. The molecule has 1 heterocycles. The molecule has 1 N–H and O–H groups in total. The van der Waals surface area contributed by atoms with E-state index in [0.29, 0.717) is 16.9 Å². The van der Waals surface area contributed by atoms with Gasteiger partial charge in [-0.05, 0) is 31.0 Å². The molecule has 1 aromatic carbocycles. The largest absolute Gasteiger partial charge is 0.496 e. The smallest absolute Gasteiger partial charge is 0.218 e. The van der Waals surface area contributed by atoms with Crippen molar-refractivity contribution in [3.8, 4) is 28.8 Å². The maximum atomic E-state index is 10.2. The summed E-state index contributed by atoms with van der Waals surface area (Å²) in [7, 11) is 1.54. The lowest BCUT2D eigenvalue weighted by Crippen LogP contribution is -1.95. The van der Waals surface area contributed by atoms with Crippen molar-refractivity contribution < 1.29 is 9.84 Å². The molecular weight excluding hydrogens is 242 g/mol. The van der Waals surface area contributed by atoms with E-state index in [1.165, 1.54) is 7.11 Å². The van der Waals surface area contributed by atoms with Crippen LogP contribution in [0.1, 0.15) is 18.4 Å². The van der Waals surface area contributed by atoms with Crippen LogP contribution in [-0.4, -0.2) is 22.0 Å². The van der Waals surface area contributed by atoms with Crippen LogP contribution in [0.3, 0.4) is 0 Å². The SMILES string of the molecule is COc1cc(C#N)ccc1-c1cnn([C]2CC2)c1O. The molecular formula is C14H12N3O2. The molecule has 0 bridgehead atoms. The van der Waals surface area contributed by atoms with E-state index in [9.17, 15) is 5.11 Å².